The van der Waals surface area contributed by atoms with Crippen molar-refractivity contribution in [2.45, 2.75) is 0 Å². The molecule has 0 radical (unpaired) electrons. The molecule has 52 valence electrons. The largest absolute Gasteiger partial charge is 0.390 e. The van der Waals surface area contributed by atoms with Gasteiger partial charge in [0, 0.05) is 14.1 Å². The summed E-state index contributed by atoms with van der Waals surface area (Å²) in [7, 11) is 3.88. The van der Waals surface area contributed by atoms with Crippen molar-refractivity contribution in [2.24, 2.45) is 10.7 Å². The zero-order valence-corrected chi connectivity index (χ0v) is 5.78. The summed E-state index contributed by atoms with van der Waals surface area (Å²) < 4.78 is 0. The molecule has 0 aromatic carbocycles. The Bertz CT molecular complexity index is 106. The summed E-state index contributed by atoms with van der Waals surface area (Å²) in [5.74, 6) is 0. The van der Waals surface area contributed by atoms with Crippen LogP contribution in [0.15, 0.2) is 17.4 Å². The third-order valence-corrected chi connectivity index (χ3v) is 0.642. The maximum Gasteiger partial charge on any atom is 0.131 e. The second-order valence-electron chi connectivity index (χ2n) is 1.75. The van der Waals surface area contributed by atoms with E-state index in [1.165, 1.54) is 6.34 Å². The molecular weight excluding hydrogens is 116 g/mol. The van der Waals surface area contributed by atoms with Gasteiger partial charge in [-0.3, -0.25) is 0 Å². The standard InChI is InChI=1S/C5H12N4/c1-9(2)8-4-3-7-5-6/h3-5,8H,1-2H3,(H2,6,7)/p+1. The average Bonchev–Trinajstić information content (AvgIpc) is 1.80. The van der Waals surface area contributed by atoms with Crippen molar-refractivity contribution in [2.75, 3.05) is 14.1 Å². The molecule has 0 aliphatic heterocycles. The Hall–Kier alpha value is -0.870. The first-order valence-corrected chi connectivity index (χ1v) is 2.67. The van der Waals surface area contributed by atoms with Crippen molar-refractivity contribution < 1.29 is 5.43 Å². The van der Waals surface area contributed by atoms with Crippen molar-refractivity contribution in [1.29, 1.82) is 0 Å². The van der Waals surface area contributed by atoms with Gasteiger partial charge in [-0.2, -0.15) is 5.01 Å². The normalized spacial score (nSPS) is 12.3. The van der Waals surface area contributed by atoms with Crippen LogP contribution >= 0.6 is 0 Å². The van der Waals surface area contributed by atoms with Crippen LogP contribution in [0.1, 0.15) is 0 Å². The van der Waals surface area contributed by atoms with Crippen molar-refractivity contribution in [3.63, 3.8) is 0 Å². The second kappa shape index (κ2) is 5.27. The molecule has 0 aromatic heterocycles. The molecule has 0 amide bonds. The summed E-state index contributed by atoms with van der Waals surface area (Å²) in [6.07, 6.45) is 4.68. The first-order valence-electron chi connectivity index (χ1n) is 2.67. The molecule has 0 saturated heterocycles. The monoisotopic (exact) mass is 129 g/mol. The number of aliphatic imine (C=N–C) groups is 1. The molecule has 4 N–H and O–H groups in total. The number of rotatable bonds is 3. The molecule has 4 heteroatoms. The van der Waals surface area contributed by atoms with E-state index in [-0.39, 0.29) is 0 Å². The lowest BCUT2D eigenvalue weighted by Gasteiger charge is -1.99. The van der Waals surface area contributed by atoms with Gasteiger partial charge in [-0.1, -0.05) is 0 Å². The van der Waals surface area contributed by atoms with E-state index in [0.717, 1.165) is 0 Å². The minimum absolute atomic E-state index is 1.25. The van der Waals surface area contributed by atoms with E-state index in [2.05, 4.69) is 4.99 Å². The van der Waals surface area contributed by atoms with Gasteiger partial charge in [0.15, 0.2) is 0 Å². The SMILES string of the molecule is CN(C)[NH2+]C=CN=CN. The lowest BCUT2D eigenvalue weighted by molar-refractivity contribution is -0.740. The van der Waals surface area contributed by atoms with E-state index in [9.17, 15) is 0 Å². The summed E-state index contributed by atoms with van der Waals surface area (Å²) in [5.41, 5.74) is 6.86. The van der Waals surface area contributed by atoms with Crippen molar-refractivity contribution in [3.05, 3.63) is 12.4 Å². The number of nitrogens with zero attached hydrogens (tertiary/aromatic N) is 2. The fourth-order valence-electron chi connectivity index (χ4n) is 0.310. The van der Waals surface area contributed by atoms with Crippen molar-refractivity contribution in [3.8, 4) is 0 Å². The molecule has 4 nitrogen and oxygen atoms in total. The van der Waals surface area contributed by atoms with Crippen LogP contribution < -0.4 is 11.2 Å². The molecule has 0 unspecified atom stereocenters. The van der Waals surface area contributed by atoms with Crippen LogP contribution in [0.3, 0.4) is 0 Å². The highest BCUT2D eigenvalue weighted by Gasteiger charge is 1.80. The third kappa shape index (κ3) is 7.13. The Balaban J connectivity index is 3.25. The zero-order chi connectivity index (χ0) is 7.11. The Kier molecular flexibility index (Phi) is 4.76. The van der Waals surface area contributed by atoms with Crippen LogP contribution in [0.25, 0.3) is 0 Å². The lowest BCUT2D eigenvalue weighted by Crippen LogP contribution is -2.86. The van der Waals surface area contributed by atoms with Crippen molar-refractivity contribution >= 4 is 6.34 Å². The van der Waals surface area contributed by atoms with Crippen LogP contribution in [-0.4, -0.2) is 25.4 Å². The molecule has 9 heavy (non-hydrogen) atoms. The lowest BCUT2D eigenvalue weighted by atomic mass is 10.9. The van der Waals surface area contributed by atoms with Gasteiger partial charge in [0.05, 0.1) is 12.5 Å². The van der Waals surface area contributed by atoms with E-state index in [0.29, 0.717) is 0 Å². The smallest absolute Gasteiger partial charge is 0.131 e. The fraction of sp³-hybridized carbons (Fsp3) is 0.400. The van der Waals surface area contributed by atoms with E-state index >= 15 is 0 Å². The zero-order valence-electron chi connectivity index (χ0n) is 5.78. The first kappa shape index (κ1) is 8.13. The molecule has 0 heterocycles. The van der Waals surface area contributed by atoms with Gasteiger partial charge in [-0.05, 0) is 0 Å². The van der Waals surface area contributed by atoms with E-state index < -0.39 is 0 Å². The number of hydrogen-bond acceptors (Lipinski definition) is 2. The van der Waals surface area contributed by atoms with Gasteiger partial charge in [-0.15, -0.1) is 0 Å². The van der Waals surface area contributed by atoms with Crippen LogP contribution in [-0.2, 0) is 0 Å². The van der Waals surface area contributed by atoms with Crippen molar-refractivity contribution in [1.82, 2.24) is 5.01 Å². The summed E-state index contributed by atoms with van der Waals surface area (Å²) in [5, 5.41) is 1.92. The number of hydrogen-bond donors (Lipinski definition) is 2. The van der Waals surface area contributed by atoms with Gasteiger partial charge in [0.25, 0.3) is 0 Å². The summed E-state index contributed by atoms with van der Waals surface area (Å²) in [4.78, 5) is 3.66. The highest BCUT2D eigenvalue weighted by molar-refractivity contribution is 5.51. The first-order chi connectivity index (χ1) is 4.27. The third-order valence-electron chi connectivity index (χ3n) is 0.642. The van der Waals surface area contributed by atoms with Gasteiger partial charge in [0.1, 0.15) is 6.20 Å². The molecule has 0 aliphatic rings. The summed E-state index contributed by atoms with van der Waals surface area (Å²) in [6, 6.07) is 0. The topological polar surface area (TPSA) is 58.2 Å². The fourth-order valence-corrected chi connectivity index (χ4v) is 0.310. The Morgan fingerprint density at radius 3 is 2.67 bits per heavy atom. The minimum atomic E-state index is 1.25. The van der Waals surface area contributed by atoms with Crippen LogP contribution in [0, 0.1) is 0 Å². The van der Waals surface area contributed by atoms with E-state index in [4.69, 9.17) is 5.73 Å². The molecule has 0 saturated carbocycles. The van der Waals surface area contributed by atoms with Gasteiger partial charge < -0.3 is 5.73 Å². The molecule has 0 spiro atoms. The molecule has 0 fully saturated rings. The Labute approximate surface area is 55.0 Å². The van der Waals surface area contributed by atoms with E-state index in [1.54, 1.807) is 6.20 Å². The van der Waals surface area contributed by atoms with Crippen LogP contribution in [0.2, 0.25) is 0 Å². The second-order valence-corrected chi connectivity index (χ2v) is 1.75. The quantitative estimate of drug-likeness (QED) is 0.210. The number of quaternary nitrogens is 1. The van der Waals surface area contributed by atoms with Crippen LogP contribution in [0.5, 0.6) is 0 Å². The predicted octanol–water partition coefficient (Wildman–Crippen LogP) is -1.52. The van der Waals surface area contributed by atoms with Gasteiger partial charge in [0.2, 0.25) is 0 Å². The molecule has 0 bridgehead atoms. The van der Waals surface area contributed by atoms with Gasteiger partial charge in [-0.25, -0.2) is 10.4 Å². The molecule has 0 aliphatic carbocycles. The maximum absolute atomic E-state index is 4.97. The summed E-state index contributed by atoms with van der Waals surface area (Å²) >= 11 is 0. The molecular formula is C5H13N4+. The minimum Gasteiger partial charge on any atom is -0.390 e. The molecule has 0 atom stereocenters. The van der Waals surface area contributed by atoms with E-state index in [1.807, 2.05) is 30.7 Å². The Morgan fingerprint density at radius 2 is 2.22 bits per heavy atom. The predicted molar refractivity (Wildman–Crippen MR) is 37.4 cm³/mol. The molecule has 0 aromatic rings. The highest BCUT2D eigenvalue weighted by atomic mass is 15.5. The average molecular weight is 129 g/mol. The highest BCUT2D eigenvalue weighted by Crippen LogP contribution is 1.59. The maximum atomic E-state index is 4.97. The molecule has 0 rings (SSSR count). The Morgan fingerprint density at radius 1 is 1.56 bits per heavy atom. The number of nitrogens with two attached hydrogens (primary N) is 2. The van der Waals surface area contributed by atoms with Gasteiger partial charge >= 0.3 is 0 Å². The summed E-state index contributed by atoms with van der Waals surface area (Å²) in [6.45, 7) is 0. The van der Waals surface area contributed by atoms with Crippen LogP contribution in [0.4, 0.5) is 0 Å².